The molecule has 172 valence electrons. The SMILES string of the molecule is NC1CCCC(F)(F)C1Nc1ncc2cncc(-c3c[nH]c4cc(C(F)(F)F)ccc34)c2n1. The summed E-state index contributed by atoms with van der Waals surface area (Å²) in [7, 11) is 0. The summed E-state index contributed by atoms with van der Waals surface area (Å²) < 4.78 is 68.0. The first-order chi connectivity index (χ1) is 15.6. The number of H-pyrrole nitrogens is 1. The Bertz CT molecular complexity index is 1330. The van der Waals surface area contributed by atoms with Crippen LogP contribution >= 0.6 is 0 Å². The van der Waals surface area contributed by atoms with Crippen molar-refractivity contribution in [3.05, 3.63) is 48.5 Å². The van der Waals surface area contributed by atoms with Crippen molar-refractivity contribution in [2.24, 2.45) is 5.73 Å². The first-order valence-electron chi connectivity index (χ1n) is 10.3. The monoisotopic (exact) mass is 462 g/mol. The minimum Gasteiger partial charge on any atom is -0.361 e. The molecule has 1 aliphatic carbocycles. The largest absolute Gasteiger partial charge is 0.416 e. The minimum atomic E-state index is -4.46. The number of alkyl halides is 5. The Balaban J connectivity index is 1.57. The number of rotatable bonds is 3. The fourth-order valence-electron chi connectivity index (χ4n) is 4.31. The molecule has 6 nitrogen and oxygen atoms in total. The highest BCUT2D eigenvalue weighted by Crippen LogP contribution is 2.37. The van der Waals surface area contributed by atoms with Crippen LogP contribution in [0.15, 0.2) is 43.0 Å². The average molecular weight is 462 g/mol. The lowest BCUT2D eigenvalue weighted by atomic mass is 9.87. The highest BCUT2D eigenvalue weighted by atomic mass is 19.4. The van der Waals surface area contributed by atoms with E-state index in [-0.39, 0.29) is 12.4 Å². The molecule has 3 aromatic heterocycles. The minimum absolute atomic E-state index is 0.00354. The molecule has 5 rings (SSSR count). The van der Waals surface area contributed by atoms with Crippen molar-refractivity contribution in [1.29, 1.82) is 0 Å². The second-order valence-corrected chi connectivity index (χ2v) is 8.22. The molecule has 2 atom stereocenters. The first kappa shape index (κ1) is 21.5. The van der Waals surface area contributed by atoms with Crippen molar-refractivity contribution < 1.29 is 22.0 Å². The fourth-order valence-corrected chi connectivity index (χ4v) is 4.31. The van der Waals surface area contributed by atoms with E-state index < -0.39 is 29.7 Å². The maximum Gasteiger partial charge on any atom is 0.416 e. The van der Waals surface area contributed by atoms with Gasteiger partial charge in [-0.05, 0) is 25.0 Å². The summed E-state index contributed by atoms with van der Waals surface area (Å²) in [6, 6.07) is 1.37. The molecule has 1 fully saturated rings. The molecular weight excluding hydrogens is 443 g/mol. The predicted octanol–water partition coefficient (Wildman–Crippen LogP) is 5.12. The van der Waals surface area contributed by atoms with Crippen LogP contribution in [0.25, 0.3) is 32.9 Å². The Morgan fingerprint density at radius 3 is 2.70 bits per heavy atom. The number of fused-ring (bicyclic) bond motifs is 2. The van der Waals surface area contributed by atoms with E-state index in [0.717, 1.165) is 12.1 Å². The van der Waals surface area contributed by atoms with Gasteiger partial charge in [-0.15, -0.1) is 0 Å². The van der Waals surface area contributed by atoms with Crippen LogP contribution in [0.4, 0.5) is 27.9 Å². The number of halogens is 5. The fraction of sp³-hybridized carbons (Fsp3) is 0.318. The van der Waals surface area contributed by atoms with Gasteiger partial charge in [-0.3, -0.25) is 4.98 Å². The van der Waals surface area contributed by atoms with Crippen LogP contribution in [0.5, 0.6) is 0 Å². The van der Waals surface area contributed by atoms with Gasteiger partial charge in [0.1, 0.15) is 6.04 Å². The van der Waals surface area contributed by atoms with E-state index in [9.17, 15) is 22.0 Å². The number of benzene rings is 1. The Kier molecular flexibility index (Phi) is 4.96. The molecule has 0 radical (unpaired) electrons. The third-order valence-corrected chi connectivity index (χ3v) is 6.00. The van der Waals surface area contributed by atoms with Crippen LogP contribution in [-0.2, 0) is 6.18 Å². The molecule has 0 aliphatic heterocycles. The average Bonchev–Trinajstić information content (AvgIpc) is 3.18. The predicted molar refractivity (Wildman–Crippen MR) is 114 cm³/mol. The first-order valence-corrected chi connectivity index (χ1v) is 10.3. The van der Waals surface area contributed by atoms with Crippen molar-refractivity contribution >= 4 is 27.8 Å². The van der Waals surface area contributed by atoms with Crippen LogP contribution in [0, 0.1) is 0 Å². The van der Waals surface area contributed by atoms with Gasteiger partial charge < -0.3 is 16.0 Å². The van der Waals surface area contributed by atoms with Gasteiger partial charge in [-0.1, -0.05) is 6.07 Å². The van der Waals surface area contributed by atoms with Crippen molar-refractivity contribution in [3.8, 4) is 11.1 Å². The van der Waals surface area contributed by atoms with Gasteiger partial charge in [-0.2, -0.15) is 13.2 Å². The van der Waals surface area contributed by atoms with Gasteiger partial charge in [0.25, 0.3) is 5.92 Å². The zero-order valence-electron chi connectivity index (χ0n) is 17.1. The highest BCUT2D eigenvalue weighted by Gasteiger charge is 2.46. The van der Waals surface area contributed by atoms with Crippen molar-refractivity contribution in [2.45, 2.75) is 43.4 Å². The number of hydrogen-bond donors (Lipinski definition) is 3. The molecule has 2 unspecified atom stereocenters. The summed E-state index contributed by atoms with van der Waals surface area (Å²) in [5.41, 5.74) is 7.01. The Labute approximate surface area is 184 Å². The molecular formula is C22H19F5N6. The second kappa shape index (κ2) is 7.62. The molecule has 1 aliphatic rings. The number of aromatic amines is 1. The number of anilines is 1. The molecule has 4 aromatic rings. The maximum atomic E-state index is 14.4. The van der Waals surface area contributed by atoms with E-state index in [4.69, 9.17) is 5.73 Å². The summed E-state index contributed by atoms with van der Waals surface area (Å²) in [6.45, 7) is 0. The summed E-state index contributed by atoms with van der Waals surface area (Å²) in [6.07, 6.45) is 2.17. The van der Waals surface area contributed by atoms with E-state index in [0.29, 0.717) is 45.8 Å². The number of nitrogens with one attached hydrogen (secondary N) is 2. The number of nitrogens with zero attached hydrogens (tertiary/aromatic N) is 3. The topological polar surface area (TPSA) is 92.5 Å². The Morgan fingerprint density at radius 2 is 1.94 bits per heavy atom. The van der Waals surface area contributed by atoms with E-state index in [1.807, 2.05) is 0 Å². The maximum absolute atomic E-state index is 14.4. The summed E-state index contributed by atoms with van der Waals surface area (Å²) in [5.74, 6) is -3.00. The normalized spacial score (nSPS) is 20.9. The van der Waals surface area contributed by atoms with Crippen molar-refractivity contribution in [2.75, 3.05) is 5.32 Å². The lowest BCUT2D eigenvalue weighted by Crippen LogP contribution is -2.55. The third-order valence-electron chi connectivity index (χ3n) is 6.00. The molecule has 0 amide bonds. The molecule has 4 N–H and O–H groups in total. The number of aromatic nitrogens is 4. The van der Waals surface area contributed by atoms with E-state index >= 15 is 0 Å². The third kappa shape index (κ3) is 3.86. The molecule has 0 saturated heterocycles. The van der Waals surface area contributed by atoms with Gasteiger partial charge >= 0.3 is 6.18 Å². The standard InChI is InChI=1S/C22H19F5N6/c23-21(24)5-1-2-16(28)19(21)33-20-31-8-11-7-29-9-15(18(11)32-20)14-10-30-17-6-12(22(25,26)27)3-4-13(14)17/h3-4,6-10,16,19,30H,1-2,5,28H2,(H,31,32,33). The number of pyridine rings is 1. The zero-order chi connectivity index (χ0) is 23.4. The zero-order valence-corrected chi connectivity index (χ0v) is 17.1. The van der Waals surface area contributed by atoms with E-state index in [2.05, 4.69) is 25.3 Å². The van der Waals surface area contributed by atoms with E-state index in [1.165, 1.54) is 24.7 Å². The Morgan fingerprint density at radius 1 is 1.12 bits per heavy atom. The molecule has 33 heavy (non-hydrogen) atoms. The molecule has 1 aromatic carbocycles. The molecule has 0 spiro atoms. The van der Waals surface area contributed by atoms with Gasteiger partial charge in [0.2, 0.25) is 5.95 Å². The number of hydrogen-bond acceptors (Lipinski definition) is 5. The van der Waals surface area contributed by atoms with Gasteiger partial charge in [0.15, 0.2) is 0 Å². The second-order valence-electron chi connectivity index (χ2n) is 8.22. The van der Waals surface area contributed by atoms with Crippen LogP contribution < -0.4 is 11.1 Å². The van der Waals surface area contributed by atoms with Gasteiger partial charge in [-0.25, -0.2) is 18.7 Å². The van der Waals surface area contributed by atoms with Crippen molar-refractivity contribution in [3.63, 3.8) is 0 Å². The molecule has 3 heterocycles. The molecule has 1 saturated carbocycles. The summed E-state index contributed by atoms with van der Waals surface area (Å²) in [4.78, 5) is 15.6. The van der Waals surface area contributed by atoms with Crippen LogP contribution in [0.2, 0.25) is 0 Å². The highest BCUT2D eigenvalue weighted by molar-refractivity contribution is 6.03. The van der Waals surface area contributed by atoms with Crippen LogP contribution in [0.1, 0.15) is 24.8 Å². The molecule has 0 bridgehead atoms. The summed E-state index contributed by atoms with van der Waals surface area (Å²) >= 11 is 0. The lowest BCUT2D eigenvalue weighted by Gasteiger charge is -2.36. The van der Waals surface area contributed by atoms with Gasteiger partial charge in [0, 0.05) is 64.7 Å². The molecule has 11 heteroatoms. The quantitative estimate of drug-likeness (QED) is 0.368. The number of nitrogens with two attached hydrogens (primary N) is 1. The Hall–Kier alpha value is -3.34. The van der Waals surface area contributed by atoms with Crippen molar-refractivity contribution in [1.82, 2.24) is 19.9 Å². The smallest absolute Gasteiger partial charge is 0.361 e. The van der Waals surface area contributed by atoms with Crippen LogP contribution in [0.3, 0.4) is 0 Å². The lowest BCUT2D eigenvalue weighted by molar-refractivity contribution is -0.137. The van der Waals surface area contributed by atoms with Crippen LogP contribution in [-0.4, -0.2) is 37.9 Å². The van der Waals surface area contributed by atoms with Gasteiger partial charge in [0.05, 0.1) is 11.1 Å². The summed E-state index contributed by atoms with van der Waals surface area (Å²) in [5, 5.41) is 3.80. The van der Waals surface area contributed by atoms with E-state index in [1.54, 1.807) is 6.20 Å².